The summed E-state index contributed by atoms with van der Waals surface area (Å²) in [6, 6.07) is 0. The van der Waals surface area contributed by atoms with E-state index in [2.05, 4.69) is 20.8 Å². The predicted octanol–water partition coefficient (Wildman–Crippen LogP) is 3.47. The summed E-state index contributed by atoms with van der Waals surface area (Å²) >= 11 is 0. The number of rotatable bonds is 4. The average Bonchev–Trinajstić information content (AvgIpc) is 2.14. The van der Waals surface area contributed by atoms with Gasteiger partial charge in [-0.3, -0.25) is 0 Å². The third-order valence-electron chi connectivity index (χ3n) is 3.89. The number of aliphatic hydroxyl groups excluding tert-OH is 1. The Morgan fingerprint density at radius 3 is 2.57 bits per heavy atom. The molecule has 3 unspecified atom stereocenters. The third-order valence-corrected chi connectivity index (χ3v) is 3.89. The first-order valence-electron chi connectivity index (χ1n) is 6.26. The van der Waals surface area contributed by atoms with Gasteiger partial charge < -0.3 is 5.11 Å². The molecule has 1 rings (SSSR count). The van der Waals surface area contributed by atoms with Gasteiger partial charge in [-0.2, -0.15) is 0 Å². The Morgan fingerprint density at radius 1 is 1.29 bits per heavy atom. The van der Waals surface area contributed by atoms with Gasteiger partial charge in [-0.15, -0.1) is 0 Å². The topological polar surface area (TPSA) is 20.2 Å². The van der Waals surface area contributed by atoms with Crippen molar-refractivity contribution in [2.24, 2.45) is 23.7 Å². The third kappa shape index (κ3) is 3.27. The first-order chi connectivity index (χ1) is 6.65. The first-order valence-corrected chi connectivity index (χ1v) is 6.26. The van der Waals surface area contributed by atoms with E-state index in [1.165, 1.54) is 25.7 Å². The molecule has 1 heteroatoms. The predicted molar refractivity (Wildman–Crippen MR) is 61.2 cm³/mol. The molecule has 0 saturated heterocycles. The molecule has 1 N–H and O–H groups in total. The molecule has 0 bridgehead atoms. The highest BCUT2D eigenvalue weighted by molar-refractivity contribution is 4.80. The minimum absolute atomic E-state index is 0.371. The van der Waals surface area contributed by atoms with Crippen LogP contribution in [0.2, 0.25) is 0 Å². The minimum atomic E-state index is 0.371. The van der Waals surface area contributed by atoms with Crippen LogP contribution in [0.25, 0.3) is 0 Å². The summed E-state index contributed by atoms with van der Waals surface area (Å²) in [5.41, 5.74) is 0. The van der Waals surface area contributed by atoms with Crippen molar-refractivity contribution >= 4 is 0 Å². The zero-order valence-corrected chi connectivity index (χ0v) is 10.00. The lowest BCUT2D eigenvalue weighted by atomic mass is 9.69. The molecule has 14 heavy (non-hydrogen) atoms. The van der Waals surface area contributed by atoms with E-state index in [-0.39, 0.29) is 0 Å². The van der Waals surface area contributed by atoms with E-state index >= 15 is 0 Å². The molecule has 3 atom stereocenters. The van der Waals surface area contributed by atoms with Crippen molar-refractivity contribution < 1.29 is 5.11 Å². The van der Waals surface area contributed by atoms with Crippen LogP contribution in [-0.2, 0) is 0 Å². The largest absolute Gasteiger partial charge is 0.396 e. The lowest BCUT2D eigenvalue weighted by Crippen LogP contribution is -2.27. The molecule has 1 saturated carbocycles. The maximum Gasteiger partial charge on any atom is 0.0431 e. The molecule has 1 fully saturated rings. The Labute approximate surface area is 88.9 Å². The molecule has 0 aliphatic heterocycles. The van der Waals surface area contributed by atoms with Crippen LogP contribution >= 0.6 is 0 Å². The van der Waals surface area contributed by atoms with Gasteiger partial charge in [0.05, 0.1) is 0 Å². The number of hydrogen-bond acceptors (Lipinski definition) is 1. The van der Waals surface area contributed by atoms with Gasteiger partial charge >= 0.3 is 0 Å². The van der Waals surface area contributed by atoms with Crippen LogP contribution in [0.1, 0.15) is 52.9 Å². The quantitative estimate of drug-likeness (QED) is 0.733. The fraction of sp³-hybridized carbons (Fsp3) is 1.00. The Hall–Kier alpha value is -0.0400. The molecule has 0 amide bonds. The molecule has 84 valence electrons. The van der Waals surface area contributed by atoms with E-state index in [9.17, 15) is 0 Å². The fourth-order valence-corrected chi connectivity index (χ4v) is 3.09. The van der Waals surface area contributed by atoms with Crippen LogP contribution in [0.4, 0.5) is 0 Å². The van der Waals surface area contributed by atoms with Crippen LogP contribution in [0.5, 0.6) is 0 Å². The normalized spacial score (nSPS) is 33.6. The summed E-state index contributed by atoms with van der Waals surface area (Å²) in [7, 11) is 0. The van der Waals surface area contributed by atoms with Gasteiger partial charge in [0.15, 0.2) is 0 Å². The van der Waals surface area contributed by atoms with Gasteiger partial charge in [-0.25, -0.2) is 0 Å². The molecular weight excluding hydrogens is 172 g/mol. The molecule has 0 spiro atoms. The standard InChI is InChI=1S/C13H26O/c1-10(2)13-7-6-11(3)9-12(13)5-4-8-14/h10-14H,4-9H2,1-3H3. The highest BCUT2D eigenvalue weighted by Crippen LogP contribution is 2.40. The molecule has 0 radical (unpaired) electrons. The van der Waals surface area contributed by atoms with E-state index < -0.39 is 0 Å². The van der Waals surface area contributed by atoms with E-state index in [0.717, 1.165) is 30.1 Å². The van der Waals surface area contributed by atoms with Crippen molar-refractivity contribution in [2.75, 3.05) is 6.61 Å². The molecule has 0 aromatic rings. The average molecular weight is 198 g/mol. The Bertz CT molecular complexity index is 153. The molecular formula is C13H26O. The first kappa shape index (κ1) is 12.0. The Kier molecular flexibility index (Phi) is 4.94. The van der Waals surface area contributed by atoms with Crippen molar-refractivity contribution in [2.45, 2.75) is 52.9 Å². The smallest absolute Gasteiger partial charge is 0.0431 e. The molecule has 1 nitrogen and oxygen atoms in total. The second-order valence-corrected chi connectivity index (χ2v) is 5.45. The highest BCUT2D eigenvalue weighted by atomic mass is 16.2. The lowest BCUT2D eigenvalue weighted by Gasteiger charge is -2.37. The number of aliphatic hydroxyl groups is 1. The van der Waals surface area contributed by atoms with Crippen LogP contribution < -0.4 is 0 Å². The van der Waals surface area contributed by atoms with Crippen LogP contribution in [0, 0.1) is 23.7 Å². The zero-order chi connectivity index (χ0) is 10.6. The molecule has 1 aliphatic rings. The summed E-state index contributed by atoms with van der Waals surface area (Å²) in [5, 5.41) is 8.89. The maximum absolute atomic E-state index is 8.89. The minimum Gasteiger partial charge on any atom is -0.396 e. The summed E-state index contributed by atoms with van der Waals surface area (Å²) in [6.07, 6.45) is 6.46. The summed E-state index contributed by atoms with van der Waals surface area (Å²) < 4.78 is 0. The molecule has 0 aromatic carbocycles. The van der Waals surface area contributed by atoms with Gasteiger partial charge in [0.2, 0.25) is 0 Å². The molecule has 1 aliphatic carbocycles. The van der Waals surface area contributed by atoms with Gasteiger partial charge in [0.25, 0.3) is 0 Å². The second-order valence-electron chi connectivity index (χ2n) is 5.45. The van der Waals surface area contributed by atoms with E-state index in [1.54, 1.807) is 0 Å². The maximum atomic E-state index is 8.89. The van der Waals surface area contributed by atoms with Crippen molar-refractivity contribution in [3.63, 3.8) is 0 Å². The van der Waals surface area contributed by atoms with Gasteiger partial charge in [-0.05, 0) is 49.4 Å². The van der Waals surface area contributed by atoms with Gasteiger partial charge in [0.1, 0.15) is 0 Å². The molecule has 0 heterocycles. The van der Waals surface area contributed by atoms with Crippen LogP contribution in [0.15, 0.2) is 0 Å². The fourth-order valence-electron chi connectivity index (χ4n) is 3.09. The highest BCUT2D eigenvalue weighted by Gasteiger charge is 2.29. The number of hydrogen-bond donors (Lipinski definition) is 1. The Morgan fingerprint density at radius 2 is 2.00 bits per heavy atom. The van der Waals surface area contributed by atoms with Crippen molar-refractivity contribution in [3.8, 4) is 0 Å². The van der Waals surface area contributed by atoms with Gasteiger partial charge in [-0.1, -0.05) is 27.2 Å². The van der Waals surface area contributed by atoms with Gasteiger partial charge in [0, 0.05) is 6.61 Å². The van der Waals surface area contributed by atoms with E-state index in [4.69, 9.17) is 5.11 Å². The summed E-state index contributed by atoms with van der Waals surface area (Å²) in [5.74, 6) is 3.53. The van der Waals surface area contributed by atoms with E-state index in [1.807, 2.05) is 0 Å². The SMILES string of the molecule is CC1CCC(C(C)C)C(CCCO)C1. The zero-order valence-electron chi connectivity index (χ0n) is 10.00. The summed E-state index contributed by atoms with van der Waals surface area (Å²) in [4.78, 5) is 0. The van der Waals surface area contributed by atoms with Crippen LogP contribution in [-0.4, -0.2) is 11.7 Å². The van der Waals surface area contributed by atoms with Crippen molar-refractivity contribution in [1.29, 1.82) is 0 Å². The second kappa shape index (κ2) is 5.75. The van der Waals surface area contributed by atoms with Crippen LogP contribution in [0.3, 0.4) is 0 Å². The van der Waals surface area contributed by atoms with Crippen molar-refractivity contribution in [1.82, 2.24) is 0 Å². The Balaban J connectivity index is 2.45. The molecule has 0 aromatic heterocycles. The van der Waals surface area contributed by atoms with E-state index in [0.29, 0.717) is 6.61 Å². The van der Waals surface area contributed by atoms with Crippen molar-refractivity contribution in [3.05, 3.63) is 0 Å². The summed E-state index contributed by atoms with van der Waals surface area (Å²) in [6.45, 7) is 7.46. The lowest BCUT2D eigenvalue weighted by molar-refractivity contribution is 0.127. The monoisotopic (exact) mass is 198 g/mol.